The molecule has 1 unspecified atom stereocenters. The van der Waals surface area contributed by atoms with Gasteiger partial charge in [0.2, 0.25) is 18.0 Å². The van der Waals surface area contributed by atoms with Crippen molar-refractivity contribution in [2.45, 2.75) is 76.8 Å². The van der Waals surface area contributed by atoms with E-state index in [1.807, 2.05) is 6.92 Å². The molecule has 6 saturated heterocycles. The molecule has 6 aliphatic heterocycles. The fourth-order valence-electron chi connectivity index (χ4n) is 7.01. The minimum absolute atomic E-state index is 0.0383. The summed E-state index contributed by atoms with van der Waals surface area (Å²) in [4.78, 5) is 38.5. The summed E-state index contributed by atoms with van der Waals surface area (Å²) in [5, 5.41) is 2.86. The number of likely N-dealkylation sites (tertiary alicyclic amines) is 1. The summed E-state index contributed by atoms with van der Waals surface area (Å²) in [6.07, 6.45) is 2.73. The molecule has 2 spiro atoms. The zero-order chi connectivity index (χ0) is 21.6. The highest BCUT2D eigenvalue weighted by Crippen LogP contribution is 2.60. The van der Waals surface area contributed by atoms with Gasteiger partial charge in [-0.2, -0.15) is 0 Å². The van der Waals surface area contributed by atoms with Gasteiger partial charge in [-0.05, 0) is 44.4 Å². The fourth-order valence-corrected chi connectivity index (χ4v) is 7.01. The predicted octanol–water partition coefficient (Wildman–Crippen LogP) is 2.15. The summed E-state index contributed by atoms with van der Waals surface area (Å²) in [5.74, 6) is -0.0127. The van der Waals surface area contributed by atoms with E-state index in [0.29, 0.717) is 25.6 Å². The number of hydrogen-bond acceptors (Lipinski definition) is 7. The quantitative estimate of drug-likeness (QED) is 0.629. The molecule has 31 heavy (non-hydrogen) atoms. The van der Waals surface area contributed by atoms with Gasteiger partial charge in [0.05, 0.1) is 5.41 Å². The molecule has 8 atom stereocenters. The van der Waals surface area contributed by atoms with E-state index in [-0.39, 0.29) is 23.7 Å². The summed E-state index contributed by atoms with van der Waals surface area (Å²) >= 11 is 0. The predicted molar refractivity (Wildman–Crippen MR) is 105 cm³/mol. The molecule has 1 saturated carbocycles. The van der Waals surface area contributed by atoms with Crippen LogP contribution in [0.2, 0.25) is 0 Å². The Labute approximate surface area is 181 Å². The lowest BCUT2D eigenvalue weighted by molar-refractivity contribution is -0.576. The first-order valence-electron chi connectivity index (χ1n) is 11.7. The molecular weight excluding hydrogens is 404 g/mol. The Bertz CT molecular complexity index is 801. The number of ether oxygens (including phenoxy) is 3. The molecule has 0 radical (unpaired) electrons. The van der Waals surface area contributed by atoms with Gasteiger partial charge < -0.3 is 24.4 Å². The Hall–Kier alpha value is -1.42. The Morgan fingerprint density at radius 2 is 1.94 bits per heavy atom. The summed E-state index contributed by atoms with van der Waals surface area (Å²) < 4.78 is 18.5. The number of nitrogens with one attached hydrogen (secondary N) is 1. The Balaban J connectivity index is 1.21. The Kier molecular flexibility index (Phi) is 4.27. The Morgan fingerprint density at radius 3 is 2.68 bits per heavy atom. The van der Waals surface area contributed by atoms with Gasteiger partial charge in [-0.1, -0.05) is 13.8 Å². The van der Waals surface area contributed by atoms with Crippen LogP contribution in [0.5, 0.6) is 0 Å². The summed E-state index contributed by atoms with van der Waals surface area (Å²) in [6, 6.07) is 0. The molecule has 9 heteroatoms. The van der Waals surface area contributed by atoms with Crippen molar-refractivity contribution in [2.75, 3.05) is 19.6 Å². The second-order valence-corrected chi connectivity index (χ2v) is 10.8. The average Bonchev–Trinajstić information content (AvgIpc) is 2.94. The van der Waals surface area contributed by atoms with Crippen molar-refractivity contribution in [2.24, 2.45) is 29.1 Å². The Morgan fingerprint density at radius 1 is 1.13 bits per heavy atom. The molecule has 7 rings (SSSR count). The fraction of sp³-hybridized carbons (Fsp3) is 0.909. The lowest BCUT2D eigenvalue weighted by atomic mass is 9.58. The van der Waals surface area contributed by atoms with E-state index in [0.717, 1.165) is 32.1 Å². The largest absolute Gasteiger partial charge is 0.419 e. The number of carbonyl (C=O) groups excluding carboxylic acids is 2. The van der Waals surface area contributed by atoms with Crippen LogP contribution < -0.4 is 5.32 Å². The maximum Gasteiger partial charge on any atom is 0.412 e. The first-order valence-corrected chi connectivity index (χ1v) is 11.7. The number of rotatable bonds is 1. The van der Waals surface area contributed by atoms with Crippen LogP contribution in [-0.4, -0.2) is 60.5 Å². The molecule has 0 aromatic carbocycles. The van der Waals surface area contributed by atoms with E-state index in [1.165, 1.54) is 0 Å². The number of amides is 2. The molecule has 0 aromatic heterocycles. The van der Waals surface area contributed by atoms with Gasteiger partial charge in [0, 0.05) is 37.9 Å². The van der Waals surface area contributed by atoms with Crippen LogP contribution in [0.4, 0.5) is 4.79 Å². The van der Waals surface area contributed by atoms with Crippen LogP contribution in [0.15, 0.2) is 0 Å². The third-order valence-corrected chi connectivity index (χ3v) is 8.93. The second-order valence-electron chi connectivity index (χ2n) is 10.8. The van der Waals surface area contributed by atoms with E-state index in [1.54, 1.807) is 4.90 Å². The summed E-state index contributed by atoms with van der Waals surface area (Å²) in [5.41, 5.74) is -1.10. The topological polar surface area (TPSA) is 95.6 Å². The molecular formula is C22H32N2O7. The highest BCUT2D eigenvalue weighted by molar-refractivity contribution is 5.88. The molecule has 7 fully saturated rings. The summed E-state index contributed by atoms with van der Waals surface area (Å²) in [6.45, 7) is 7.69. The van der Waals surface area contributed by atoms with E-state index in [2.05, 4.69) is 19.2 Å². The van der Waals surface area contributed by atoms with Gasteiger partial charge in [-0.15, -0.1) is 0 Å². The van der Waals surface area contributed by atoms with E-state index in [4.69, 9.17) is 24.0 Å². The molecule has 0 aromatic rings. The lowest BCUT2D eigenvalue weighted by Crippen LogP contribution is -2.71. The first kappa shape index (κ1) is 20.2. The third kappa shape index (κ3) is 2.69. The number of fused-ring (bicyclic) bond motifs is 2. The standard InChI is InChI=1S/C22H32N2O7/c1-12-4-5-15-13(2)16(28-19(26)24-10-21(11-24)8-9-23-17(21)25)27-18-22(15)14(12)6-7-20(3,29-18)30-31-22/h12-16,18H,4-11H2,1-3H3,(H,23,25)/t12-,13-,14+,15+,16?,18+,20-,22-/m1/s1. The van der Waals surface area contributed by atoms with Crippen molar-refractivity contribution < 1.29 is 33.6 Å². The molecule has 172 valence electrons. The van der Waals surface area contributed by atoms with Crippen LogP contribution >= 0.6 is 0 Å². The van der Waals surface area contributed by atoms with Crippen molar-refractivity contribution >= 4 is 12.0 Å². The normalized spacial score (nSPS) is 49.8. The zero-order valence-corrected chi connectivity index (χ0v) is 18.4. The van der Waals surface area contributed by atoms with Gasteiger partial charge >= 0.3 is 6.09 Å². The number of hydrogen-bond donors (Lipinski definition) is 1. The van der Waals surface area contributed by atoms with E-state index in [9.17, 15) is 9.59 Å². The molecule has 2 amide bonds. The second kappa shape index (κ2) is 6.56. The van der Waals surface area contributed by atoms with Gasteiger partial charge in [-0.3, -0.25) is 4.79 Å². The van der Waals surface area contributed by atoms with Crippen LogP contribution in [0.25, 0.3) is 0 Å². The lowest BCUT2D eigenvalue weighted by Gasteiger charge is -2.60. The van der Waals surface area contributed by atoms with Crippen molar-refractivity contribution in [1.29, 1.82) is 0 Å². The van der Waals surface area contributed by atoms with E-state index >= 15 is 0 Å². The van der Waals surface area contributed by atoms with Gasteiger partial charge in [0.15, 0.2) is 11.9 Å². The van der Waals surface area contributed by atoms with Gasteiger partial charge in [-0.25, -0.2) is 14.6 Å². The molecule has 7 aliphatic rings. The highest BCUT2D eigenvalue weighted by Gasteiger charge is 2.70. The van der Waals surface area contributed by atoms with Crippen molar-refractivity contribution in [1.82, 2.24) is 10.2 Å². The smallest absolute Gasteiger partial charge is 0.412 e. The molecule has 6 heterocycles. The van der Waals surface area contributed by atoms with Gasteiger partial charge in [0.25, 0.3) is 0 Å². The van der Waals surface area contributed by atoms with Gasteiger partial charge in [0.1, 0.15) is 0 Å². The highest BCUT2D eigenvalue weighted by atomic mass is 17.3. The molecule has 2 bridgehead atoms. The first-order chi connectivity index (χ1) is 14.8. The van der Waals surface area contributed by atoms with Crippen molar-refractivity contribution in [3.05, 3.63) is 0 Å². The monoisotopic (exact) mass is 436 g/mol. The van der Waals surface area contributed by atoms with Crippen LogP contribution in [-0.2, 0) is 28.8 Å². The third-order valence-electron chi connectivity index (χ3n) is 8.93. The molecule has 9 nitrogen and oxygen atoms in total. The SMILES string of the molecule is C[C@@H]1CC[C@H]2[C@@H](C)C(OC(=O)N3CC4(CCNC4=O)C3)O[C@H]3O[C@@]4(C)CC[C@@H]1[C@]32OO4. The molecule has 1 N–H and O–H groups in total. The maximum absolute atomic E-state index is 12.9. The molecule has 1 aliphatic carbocycles. The zero-order valence-electron chi connectivity index (χ0n) is 18.4. The van der Waals surface area contributed by atoms with Crippen LogP contribution in [0.3, 0.4) is 0 Å². The van der Waals surface area contributed by atoms with Crippen LogP contribution in [0.1, 0.15) is 52.9 Å². The number of carbonyl (C=O) groups is 2. The van der Waals surface area contributed by atoms with Crippen LogP contribution in [0, 0.1) is 29.1 Å². The average molecular weight is 437 g/mol. The minimum atomic E-state index is -0.855. The van der Waals surface area contributed by atoms with Crippen molar-refractivity contribution in [3.8, 4) is 0 Å². The van der Waals surface area contributed by atoms with Crippen molar-refractivity contribution in [3.63, 3.8) is 0 Å². The summed E-state index contributed by atoms with van der Waals surface area (Å²) in [7, 11) is 0. The minimum Gasteiger partial charge on any atom is -0.419 e. The van der Waals surface area contributed by atoms with E-state index < -0.39 is 35.5 Å². The number of nitrogens with zero attached hydrogens (tertiary/aromatic N) is 1. The maximum atomic E-state index is 12.9.